The first-order valence-corrected chi connectivity index (χ1v) is 12.9. The Morgan fingerprint density at radius 2 is 1.95 bits per heavy atom. The minimum absolute atomic E-state index is 0.0487. The van der Waals surface area contributed by atoms with Crippen molar-refractivity contribution in [1.29, 1.82) is 0 Å². The van der Waals surface area contributed by atoms with Gasteiger partial charge in [0.25, 0.3) is 0 Å². The van der Waals surface area contributed by atoms with Gasteiger partial charge in [0.2, 0.25) is 5.82 Å². The quantitative estimate of drug-likeness (QED) is 0.239. The van der Waals surface area contributed by atoms with E-state index >= 15 is 0 Å². The summed E-state index contributed by atoms with van der Waals surface area (Å²) in [6.07, 6.45) is -1.53. The lowest BCUT2D eigenvalue weighted by Crippen LogP contribution is -2.31. The minimum Gasteiger partial charge on any atom is -0.496 e. The summed E-state index contributed by atoms with van der Waals surface area (Å²) in [6, 6.07) is 13.6. The van der Waals surface area contributed by atoms with Gasteiger partial charge in [-0.3, -0.25) is 0 Å². The molecule has 0 bridgehead atoms. The summed E-state index contributed by atoms with van der Waals surface area (Å²) >= 11 is 0. The molecule has 11 heteroatoms. The third kappa shape index (κ3) is 5.68. The number of rotatable bonds is 9. The Balaban J connectivity index is 1.69. The van der Waals surface area contributed by atoms with Crippen molar-refractivity contribution < 1.29 is 32.5 Å². The van der Waals surface area contributed by atoms with Crippen molar-refractivity contribution in [3.8, 4) is 22.8 Å². The third-order valence-corrected chi connectivity index (χ3v) is 7.29. The van der Waals surface area contributed by atoms with Crippen molar-refractivity contribution >= 4 is 22.8 Å². The van der Waals surface area contributed by atoms with E-state index in [1.807, 2.05) is 41.8 Å². The van der Waals surface area contributed by atoms with Gasteiger partial charge < -0.3 is 24.5 Å². The third-order valence-electron chi connectivity index (χ3n) is 7.29. The second-order valence-electron chi connectivity index (χ2n) is 10.1. The number of nitrogens with one attached hydrogen (secondary N) is 1. The molecule has 5 rings (SSSR count). The number of fused-ring (bicyclic) bond motifs is 1. The Labute approximate surface area is 228 Å². The van der Waals surface area contributed by atoms with E-state index in [0.717, 1.165) is 36.1 Å². The van der Waals surface area contributed by atoms with Gasteiger partial charge >= 0.3 is 12.3 Å². The van der Waals surface area contributed by atoms with Gasteiger partial charge in [0.15, 0.2) is 5.82 Å². The lowest BCUT2D eigenvalue weighted by Gasteiger charge is -2.32. The number of benzene rings is 2. The van der Waals surface area contributed by atoms with Crippen LogP contribution in [0.4, 0.5) is 19.0 Å². The van der Waals surface area contributed by atoms with Crippen LogP contribution in [0.25, 0.3) is 22.3 Å². The number of halogens is 3. The molecule has 0 aliphatic heterocycles. The molecule has 2 heterocycles. The monoisotopic (exact) mass is 554 g/mol. The molecule has 0 radical (unpaired) electrons. The second kappa shape index (κ2) is 10.7. The molecular formula is C29H29F3N4O4. The van der Waals surface area contributed by atoms with Crippen molar-refractivity contribution in [2.24, 2.45) is 5.92 Å². The number of aromatic nitrogens is 3. The van der Waals surface area contributed by atoms with Crippen molar-refractivity contribution in [3.63, 3.8) is 0 Å². The molecule has 8 nitrogen and oxygen atoms in total. The number of ether oxygens (including phenoxy) is 2. The minimum atomic E-state index is -4.83. The first-order valence-electron chi connectivity index (χ1n) is 12.9. The predicted molar refractivity (Wildman–Crippen MR) is 144 cm³/mol. The SMILES string of the molecule is COc1cc(OC(F)(F)F)ccc1Cn1c(-c2cccc(C)c2)cc2nc(C(=O)O)nc(N[C@H](C)C3CCC3)c21. The summed E-state index contributed by atoms with van der Waals surface area (Å²) in [4.78, 5) is 20.7. The maximum Gasteiger partial charge on any atom is 0.573 e. The molecule has 0 saturated heterocycles. The van der Waals surface area contributed by atoms with Crippen LogP contribution in [0, 0.1) is 12.8 Å². The number of hydrogen-bond donors (Lipinski definition) is 2. The molecule has 2 aromatic heterocycles. The molecule has 0 unspecified atom stereocenters. The highest BCUT2D eigenvalue weighted by Crippen LogP contribution is 2.37. The Kier molecular flexibility index (Phi) is 7.31. The Morgan fingerprint density at radius 1 is 1.18 bits per heavy atom. The van der Waals surface area contributed by atoms with E-state index in [1.54, 1.807) is 0 Å². The van der Waals surface area contributed by atoms with Crippen LogP contribution in [-0.4, -0.2) is 45.1 Å². The average Bonchev–Trinajstić information content (AvgIpc) is 3.21. The van der Waals surface area contributed by atoms with Gasteiger partial charge in [-0.25, -0.2) is 14.8 Å². The zero-order valence-corrected chi connectivity index (χ0v) is 22.2. The fourth-order valence-corrected chi connectivity index (χ4v) is 5.07. The lowest BCUT2D eigenvalue weighted by molar-refractivity contribution is -0.274. The molecule has 40 heavy (non-hydrogen) atoms. The average molecular weight is 555 g/mol. The molecule has 2 N–H and O–H groups in total. The first kappa shape index (κ1) is 27.3. The van der Waals surface area contributed by atoms with Gasteiger partial charge in [-0.2, -0.15) is 0 Å². The normalized spacial score (nSPS) is 14.6. The van der Waals surface area contributed by atoms with Crippen molar-refractivity contribution in [2.45, 2.75) is 52.1 Å². The van der Waals surface area contributed by atoms with Gasteiger partial charge in [0.05, 0.1) is 24.9 Å². The summed E-state index contributed by atoms with van der Waals surface area (Å²) in [5, 5.41) is 13.2. The Morgan fingerprint density at radius 3 is 2.58 bits per heavy atom. The van der Waals surface area contributed by atoms with Gasteiger partial charge in [-0.1, -0.05) is 30.2 Å². The highest BCUT2D eigenvalue weighted by molar-refractivity contribution is 5.95. The molecule has 4 aromatic rings. The number of alkyl halides is 3. The van der Waals surface area contributed by atoms with E-state index in [9.17, 15) is 23.1 Å². The van der Waals surface area contributed by atoms with Crippen molar-refractivity contribution in [1.82, 2.24) is 14.5 Å². The Hall–Kier alpha value is -4.28. The van der Waals surface area contributed by atoms with E-state index in [2.05, 4.69) is 26.9 Å². The van der Waals surface area contributed by atoms with E-state index in [-0.39, 0.29) is 24.2 Å². The van der Waals surface area contributed by atoms with E-state index in [1.165, 1.54) is 25.3 Å². The van der Waals surface area contributed by atoms with Crippen LogP contribution in [-0.2, 0) is 6.54 Å². The molecule has 1 aliphatic rings. The van der Waals surface area contributed by atoms with E-state index in [4.69, 9.17) is 4.74 Å². The van der Waals surface area contributed by atoms with Crippen LogP contribution in [0.3, 0.4) is 0 Å². The van der Waals surface area contributed by atoms with E-state index in [0.29, 0.717) is 28.3 Å². The highest BCUT2D eigenvalue weighted by atomic mass is 19.4. The first-order chi connectivity index (χ1) is 19.0. The molecule has 210 valence electrons. The number of aryl methyl sites for hydroxylation is 1. The fraction of sp³-hybridized carbons (Fsp3) is 0.345. The molecule has 1 fully saturated rings. The van der Waals surface area contributed by atoms with Gasteiger partial charge in [-0.05, 0) is 62.4 Å². The number of hydrogen-bond acceptors (Lipinski definition) is 6. The zero-order valence-electron chi connectivity index (χ0n) is 22.2. The van der Waals surface area contributed by atoms with Crippen LogP contribution in [0.5, 0.6) is 11.5 Å². The number of carboxylic acid groups (broad SMARTS) is 1. The molecule has 0 amide bonds. The molecule has 2 aromatic carbocycles. The maximum atomic E-state index is 12.8. The lowest BCUT2D eigenvalue weighted by atomic mass is 9.80. The van der Waals surface area contributed by atoms with Gasteiger partial charge in [0, 0.05) is 17.7 Å². The number of aromatic carboxylic acids is 1. The number of methoxy groups -OCH3 is 1. The molecule has 1 aliphatic carbocycles. The van der Waals surface area contributed by atoms with Crippen LogP contribution in [0.2, 0.25) is 0 Å². The second-order valence-corrected chi connectivity index (χ2v) is 10.1. The van der Waals surface area contributed by atoms with E-state index < -0.39 is 18.1 Å². The number of carboxylic acids is 1. The standard InChI is InChI=1S/C29H29F3N4O4/c1-16-6-4-9-19(12-16)23-14-22-25(26(35-27(34-22)28(37)38)33-17(2)18-7-5-8-18)36(23)15-20-10-11-21(13-24(20)39-3)40-29(30,31)32/h4,6,9-14,17-18H,5,7-8,15H2,1-3H3,(H,37,38)(H,33,34,35)/t17-/m1/s1. The fourth-order valence-electron chi connectivity index (χ4n) is 5.07. The van der Waals surface area contributed by atoms with Crippen LogP contribution in [0.1, 0.15) is 47.9 Å². The van der Waals surface area contributed by atoms with Crippen LogP contribution >= 0.6 is 0 Å². The summed E-state index contributed by atoms with van der Waals surface area (Å²) in [5.41, 5.74) is 4.24. The zero-order chi connectivity index (χ0) is 28.6. The number of nitrogens with zero attached hydrogens (tertiary/aromatic N) is 3. The van der Waals surface area contributed by atoms with Crippen molar-refractivity contribution in [2.75, 3.05) is 12.4 Å². The summed E-state index contributed by atoms with van der Waals surface area (Å²) < 4.78 is 49.9. The topological polar surface area (TPSA) is 98.5 Å². The molecular weight excluding hydrogens is 525 g/mol. The Bertz CT molecular complexity index is 1560. The predicted octanol–water partition coefficient (Wildman–Crippen LogP) is 6.66. The summed E-state index contributed by atoms with van der Waals surface area (Å²) in [6.45, 7) is 4.20. The van der Waals surface area contributed by atoms with Gasteiger partial charge in [0.1, 0.15) is 17.0 Å². The van der Waals surface area contributed by atoms with Crippen LogP contribution in [0.15, 0.2) is 48.5 Å². The maximum absolute atomic E-state index is 12.8. The van der Waals surface area contributed by atoms with Gasteiger partial charge in [-0.15, -0.1) is 13.2 Å². The summed E-state index contributed by atoms with van der Waals surface area (Å²) in [7, 11) is 1.38. The van der Waals surface area contributed by atoms with Crippen molar-refractivity contribution in [3.05, 3.63) is 65.5 Å². The largest absolute Gasteiger partial charge is 0.573 e. The molecule has 1 saturated carbocycles. The summed E-state index contributed by atoms with van der Waals surface area (Å²) in [5.74, 6) is -0.923. The smallest absolute Gasteiger partial charge is 0.496 e. The highest BCUT2D eigenvalue weighted by Gasteiger charge is 2.32. The molecule has 1 atom stereocenters. The number of anilines is 1. The van der Waals surface area contributed by atoms with Crippen LogP contribution < -0.4 is 14.8 Å². The molecule has 0 spiro atoms. The number of carbonyl (C=O) groups is 1.